The maximum Gasteiger partial charge on any atom is 0.253 e. The van der Waals surface area contributed by atoms with Crippen LogP contribution in [0.4, 0.5) is 0 Å². The van der Waals surface area contributed by atoms with Crippen LogP contribution in [0, 0.1) is 5.92 Å². The van der Waals surface area contributed by atoms with Crippen LogP contribution < -0.4 is 20.1 Å². The molecule has 2 N–H and O–H groups in total. The Kier molecular flexibility index (Phi) is 6.87. The van der Waals surface area contributed by atoms with Gasteiger partial charge in [0.15, 0.2) is 11.5 Å². The zero-order valence-corrected chi connectivity index (χ0v) is 17.6. The quantitative estimate of drug-likeness (QED) is 0.723. The van der Waals surface area contributed by atoms with Gasteiger partial charge in [-0.25, -0.2) is 0 Å². The lowest BCUT2D eigenvalue weighted by atomic mass is 10.0. The van der Waals surface area contributed by atoms with E-state index in [1.165, 1.54) is 12.1 Å². The second-order valence-corrected chi connectivity index (χ2v) is 7.91. The summed E-state index contributed by atoms with van der Waals surface area (Å²) < 4.78 is 11.5. The van der Waals surface area contributed by atoms with E-state index in [2.05, 4.69) is 10.6 Å². The Morgan fingerprint density at radius 1 is 1.14 bits per heavy atom. The van der Waals surface area contributed by atoms with Gasteiger partial charge in [-0.2, -0.15) is 0 Å². The molecule has 2 atom stereocenters. The van der Waals surface area contributed by atoms with E-state index in [1.54, 1.807) is 6.07 Å². The summed E-state index contributed by atoms with van der Waals surface area (Å²) in [5.74, 6) is 0.452. The molecule has 8 heteroatoms. The minimum absolute atomic E-state index is 0.130. The third-order valence-corrected chi connectivity index (χ3v) is 5.03. The normalized spacial score (nSPS) is 16.2. The molecule has 1 heterocycles. The van der Waals surface area contributed by atoms with E-state index in [1.807, 2.05) is 38.1 Å². The van der Waals surface area contributed by atoms with Gasteiger partial charge in [-0.05, 0) is 36.2 Å². The average Bonchev–Trinajstić information content (AvgIpc) is 2.69. The predicted octanol–water partition coefficient (Wildman–Crippen LogP) is 3.70. The van der Waals surface area contributed by atoms with Crippen LogP contribution in [0.2, 0.25) is 10.0 Å². The van der Waals surface area contributed by atoms with Gasteiger partial charge in [0, 0.05) is 5.02 Å². The molecule has 2 unspecified atom stereocenters. The van der Waals surface area contributed by atoms with E-state index in [-0.39, 0.29) is 35.1 Å². The summed E-state index contributed by atoms with van der Waals surface area (Å²) >= 11 is 12.0. The number of amides is 2. The highest BCUT2D eigenvalue weighted by Gasteiger charge is 2.27. The van der Waals surface area contributed by atoms with E-state index in [0.717, 1.165) is 0 Å². The monoisotopic (exact) mass is 436 g/mol. The van der Waals surface area contributed by atoms with E-state index < -0.39 is 11.9 Å². The van der Waals surface area contributed by atoms with Crippen molar-refractivity contribution in [1.29, 1.82) is 0 Å². The Morgan fingerprint density at radius 2 is 1.86 bits per heavy atom. The zero-order valence-electron chi connectivity index (χ0n) is 16.1. The van der Waals surface area contributed by atoms with Gasteiger partial charge in [-0.1, -0.05) is 49.2 Å². The Labute approximate surface area is 179 Å². The van der Waals surface area contributed by atoms with Crippen molar-refractivity contribution < 1.29 is 19.1 Å². The highest BCUT2D eigenvalue weighted by molar-refractivity contribution is 6.36. The number of carbonyl (C=O) groups is 2. The second-order valence-electron chi connectivity index (χ2n) is 7.06. The van der Waals surface area contributed by atoms with Gasteiger partial charge in [0.25, 0.3) is 5.91 Å². The number of fused-ring (bicyclic) bond motifs is 1. The number of benzene rings is 2. The molecule has 6 nitrogen and oxygen atoms in total. The second kappa shape index (κ2) is 9.37. The summed E-state index contributed by atoms with van der Waals surface area (Å²) in [6.07, 6.45) is -0.317. The van der Waals surface area contributed by atoms with Crippen molar-refractivity contribution >= 4 is 35.0 Å². The van der Waals surface area contributed by atoms with Crippen LogP contribution >= 0.6 is 23.2 Å². The van der Waals surface area contributed by atoms with Crippen molar-refractivity contribution in [2.24, 2.45) is 5.92 Å². The smallest absolute Gasteiger partial charge is 0.253 e. The Morgan fingerprint density at radius 3 is 2.55 bits per heavy atom. The molecular weight excluding hydrogens is 415 g/mol. The molecule has 29 heavy (non-hydrogen) atoms. The Hall–Kier alpha value is -2.44. The molecule has 1 aliphatic heterocycles. The van der Waals surface area contributed by atoms with Crippen LogP contribution in [0.25, 0.3) is 0 Å². The molecule has 0 bridgehead atoms. The van der Waals surface area contributed by atoms with Crippen LogP contribution in [0.1, 0.15) is 24.2 Å². The van der Waals surface area contributed by atoms with Gasteiger partial charge in [0.1, 0.15) is 18.8 Å². The van der Waals surface area contributed by atoms with Crippen molar-refractivity contribution in [3.63, 3.8) is 0 Å². The minimum Gasteiger partial charge on any atom is -0.486 e. The SMILES string of the molecule is CC(C)C(NC(=O)c1ccc(Cl)cc1Cl)C(=O)NCC1COc2ccccc2O1. The Bertz CT molecular complexity index is 904. The number of nitrogens with one attached hydrogen (secondary N) is 2. The fraction of sp³-hybridized carbons (Fsp3) is 0.333. The summed E-state index contributed by atoms with van der Waals surface area (Å²) in [5, 5.41) is 6.24. The standard InChI is InChI=1S/C21H22Cl2N2O4/c1-12(2)19(25-20(26)15-8-7-13(22)9-16(15)23)21(27)24-10-14-11-28-17-5-3-4-6-18(17)29-14/h3-9,12,14,19H,10-11H2,1-2H3,(H,24,27)(H,25,26). The first-order valence-corrected chi connectivity index (χ1v) is 10.0. The number of carbonyl (C=O) groups excluding carboxylic acids is 2. The van der Waals surface area contributed by atoms with Crippen LogP contribution in [0.5, 0.6) is 11.5 Å². The first-order valence-electron chi connectivity index (χ1n) is 9.27. The molecule has 0 aromatic heterocycles. The molecule has 3 rings (SSSR count). The number of rotatable bonds is 6. The molecule has 154 valence electrons. The topological polar surface area (TPSA) is 76.7 Å². The maximum atomic E-state index is 12.7. The largest absolute Gasteiger partial charge is 0.486 e. The average molecular weight is 437 g/mol. The lowest BCUT2D eigenvalue weighted by Gasteiger charge is -2.28. The van der Waals surface area contributed by atoms with Gasteiger partial charge < -0.3 is 20.1 Å². The molecule has 0 saturated carbocycles. The summed E-state index contributed by atoms with van der Waals surface area (Å²) in [6.45, 7) is 4.29. The van der Waals surface area contributed by atoms with Gasteiger partial charge in [0.2, 0.25) is 5.91 Å². The first kappa shape index (κ1) is 21.3. The first-order chi connectivity index (χ1) is 13.8. The number of hydrogen-bond donors (Lipinski definition) is 2. The summed E-state index contributed by atoms with van der Waals surface area (Å²) in [7, 11) is 0. The number of para-hydroxylation sites is 2. The third-order valence-electron chi connectivity index (χ3n) is 4.48. The molecule has 1 aliphatic rings. The van der Waals surface area contributed by atoms with Gasteiger partial charge >= 0.3 is 0 Å². The summed E-state index contributed by atoms with van der Waals surface area (Å²) in [5.41, 5.74) is 0.259. The van der Waals surface area contributed by atoms with Crippen LogP contribution in [-0.2, 0) is 4.79 Å². The van der Waals surface area contributed by atoms with Crippen molar-refractivity contribution in [3.05, 3.63) is 58.1 Å². The minimum atomic E-state index is -0.731. The van der Waals surface area contributed by atoms with Crippen molar-refractivity contribution in [1.82, 2.24) is 10.6 Å². The molecule has 0 aliphatic carbocycles. The molecule has 0 radical (unpaired) electrons. The van der Waals surface area contributed by atoms with E-state index in [0.29, 0.717) is 23.1 Å². The molecule has 2 amide bonds. The van der Waals surface area contributed by atoms with Crippen molar-refractivity contribution in [3.8, 4) is 11.5 Å². The van der Waals surface area contributed by atoms with Crippen molar-refractivity contribution in [2.45, 2.75) is 26.0 Å². The third kappa shape index (κ3) is 5.34. The lowest BCUT2D eigenvalue weighted by Crippen LogP contribution is -2.52. The molecule has 0 fully saturated rings. The zero-order chi connectivity index (χ0) is 21.0. The molecule has 2 aromatic carbocycles. The van der Waals surface area contributed by atoms with Crippen LogP contribution in [0.3, 0.4) is 0 Å². The van der Waals surface area contributed by atoms with Gasteiger partial charge in [-0.3, -0.25) is 9.59 Å². The van der Waals surface area contributed by atoms with E-state index in [9.17, 15) is 9.59 Å². The number of ether oxygens (including phenoxy) is 2. The highest BCUT2D eigenvalue weighted by Crippen LogP contribution is 2.30. The van der Waals surface area contributed by atoms with Crippen LogP contribution in [-0.4, -0.2) is 37.1 Å². The van der Waals surface area contributed by atoms with E-state index >= 15 is 0 Å². The molecule has 0 spiro atoms. The fourth-order valence-electron chi connectivity index (χ4n) is 2.92. The van der Waals surface area contributed by atoms with Gasteiger partial charge in [-0.15, -0.1) is 0 Å². The number of hydrogen-bond acceptors (Lipinski definition) is 4. The van der Waals surface area contributed by atoms with Crippen molar-refractivity contribution in [2.75, 3.05) is 13.2 Å². The summed E-state index contributed by atoms with van der Waals surface area (Å²) in [6, 6.07) is 11.2. The number of halogens is 2. The van der Waals surface area contributed by atoms with E-state index in [4.69, 9.17) is 32.7 Å². The highest BCUT2D eigenvalue weighted by atomic mass is 35.5. The molecule has 0 saturated heterocycles. The Balaban J connectivity index is 1.59. The lowest BCUT2D eigenvalue weighted by molar-refractivity contribution is -0.124. The summed E-state index contributed by atoms with van der Waals surface area (Å²) in [4.78, 5) is 25.3. The molecule has 2 aromatic rings. The predicted molar refractivity (Wildman–Crippen MR) is 112 cm³/mol. The fourth-order valence-corrected chi connectivity index (χ4v) is 3.41. The van der Waals surface area contributed by atoms with Gasteiger partial charge in [0.05, 0.1) is 17.1 Å². The molecular formula is C21H22Cl2N2O4. The van der Waals surface area contributed by atoms with Crippen LogP contribution in [0.15, 0.2) is 42.5 Å². The maximum absolute atomic E-state index is 12.7.